The molecule has 0 aliphatic carbocycles. The predicted octanol–water partition coefficient (Wildman–Crippen LogP) is 10.8. The lowest BCUT2D eigenvalue weighted by molar-refractivity contribution is 1.17. The van der Waals surface area contributed by atoms with Gasteiger partial charge in [0.2, 0.25) is 0 Å². The summed E-state index contributed by atoms with van der Waals surface area (Å²) in [6, 6.07) is 58.0. The number of aromatic nitrogens is 2. The fourth-order valence-electron chi connectivity index (χ4n) is 7.43. The van der Waals surface area contributed by atoms with Crippen molar-refractivity contribution in [1.82, 2.24) is 9.13 Å². The van der Waals surface area contributed by atoms with Gasteiger partial charge in [0.1, 0.15) is 6.07 Å². The van der Waals surface area contributed by atoms with Gasteiger partial charge in [0.15, 0.2) is 0 Å². The van der Waals surface area contributed by atoms with Crippen molar-refractivity contribution in [1.29, 1.82) is 15.8 Å². The fraction of sp³-hybridized carbons (Fsp3) is 0. The van der Waals surface area contributed by atoms with Crippen molar-refractivity contribution in [2.75, 3.05) is 0 Å². The normalized spacial score (nSPS) is 11.1. The summed E-state index contributed by atoms with van der Waals surface area (Å²) < 4.78 is 4.37. The van der Waals surface area contributed by atoms with Crippen molar-refractivity contribution >= 4 is 43.6 Å². The number of rotatable bonds is 4. The Kier molecular flexibility index (Phi) is 6.56. The van der Waals surface area contributed by atoms with E-state index >= 15 is 0 Å². The first-order valence-corrected chi connectivity index (χ1v) is 16.3. The van der Waals surface area contributed by atoms with Crippen molar-refractivity contribution in [2.45, 2.75) is 0 Å². The zero-order chi connectivity index (χ0) is 33.8. The van der Waals surface area contributed by atoms with Crippen LogP contribution in [0.4, 0.5) is 0 Å². The van der Waals surface area contributed by atoms with E-state index in [0.29, 0.717) is 22.4 Å². The number of nitriles is 3. The molecule has 0 radical (unpaired) electrons. The minimum atomic E-state index is 0.508. The number of hydrogen-bond acceptors (Lipinski definition) is 3. The Balaban J connectivity index is 1.14. The van der Waals surface area contributed by atoms with Gasteiger partial charge in [0, 0.05) is 27.1 Å². The third-order valence-corrected chi connectivity index (χ3v) is 9.65. The zero-order valence-electron chi connectivity index (χ0n) is 26.7. The van der Waals surface area contributed by atoms with Gasteiger partial charge in [-0.25, -0.2) is 0 Å². The average molecular weight is 636 g/mol. The van der Waals surface area contributed by atoms with Crippen molar-refractivity contribution in [3.05, 3.63) is 168 Å². The van der Waals surface area contributed by atoms with E-state index in [2.05, 4.69) is 120 Å². The molecule has 0 atom stereocenters. The maximum atomic E-state index is 10.4. The van der Waals surface area contributed by atoms with Crippen LogP contribution in [-0.4, -0.2) is 9.13 Å². The van der Waals surface area contributed by atoms with Gasteiger partial charge in [-0.05, 0) is 77.4 Å². The van der Waals surface area contributed by atoms with Gasteiger partial charge in [0.05, 0.1) is 62.3 Å². The van der Waals surface area contributed by atoms with Crippen LogP contribution in [0.1, 0.15) is 16.7 Å². The first-order valence-electron chi connectivity index (χ1n) is 16.3. The van der Waals surface area contributed by atoms with E-state index in [-0.39, 0.29) is 0 Å². The second kappa shape index (κ2) is 11.4. The van der Waals surface area contributed by atoms with Crippen molar-refractivity contribution in [3.63, 3.8) is 0 Å². The van der Waals surface area contributed by atoms with E-state index < -0.39 is 0 Å². The van der Waals surface area contributed by atoms with Gasteiger partial charge in [-0.3, -0.25) is 0 Å². The third-order valence-electron chi connectivity index (χ3n) is 9.65. The van der Waals surface area contributed by atoms with Crippen LogP contribution in [0.25, 0.3) is 77.2 Å². The van der Waals surface area contributed by atoms with Crippen LogP contribution in [-0.2, 0) is 0 Å². The molecule has 230 valence electrons. The highest BCUT2D eigenvalue weighted by Gasteiger charge is 2.19. The number of para-hydroxylation sites is 3. The van der Waals surface area contributed by atoms with Gasteiger partial charge in [-0.2, -0.15) is 15.8 Å². The van der Waals surface area contributed by atoms with Crippen molar-refractivity contribution in [2.24, 2.45) is 0 Å². The molecule has 0 saturated heterocycles. The topological polar surface area (TPSA) is 81.2 Å². The highest BCUT2D eigenvalue weighted by molar-refractivity contribution is 6.12. The second-order valence-corrected chi connectivity index (χ2v) is 12.3. The first-order chi connectivity index (χ1) is 24.7. The van der Waals surface area contributed by atoms with E-state index in [9.17, 15) is 15.8 Å². The molecule has 9 aromatic rings. The molecule has 0 bridgehead atoms. The molecule has 5 heteroatoms. The molecule has 0 spiro atoms. The van der Waals surface area contributed by atoms with Crippen LogP contribution in [0, 0.1) is 34.0 Å². The fourth-order valence-corrected chi connectivity index (χ4v) is 7.43. The van der Waals surface area contributed by atoms with Gasteiger partial charge >= 0.3 is 0 Å². The van der Waals surface area contributed by atoms with Crippen LogP contribution >= 0.6 is 0 Å². The molecule has 0 aliphatic rings. The van der Waals surface area contributed by atoms with Gasteiger partial charge < -0.3 is 9.13 Å². The molecule has 0 aliphatic heterocycles. The Morgan fingerprint density at radius 2 is 0.980 bits per heavy atom. The van der Waals surface area contributed by atoms with Crippen LogP contribution in [0.15, 0.2) is 152 Å². The van der Waals surface area contributed by atoms with Gasteiger partial charge in [-0.15, -0.1) is 0 Å². The number of benzene rings is 7. The predicted molar refractivity (Wildman–Crippen MR) is 200 cm³/mol. The summed E-state index contributed by atoms with van der Waals surface area (Å²) >= 11 is 0. The minimum Gasteiger partial charge on any atom is -0.309 e. The van der Waals surface area contributed by atoms with E-state index in [1.165, 1.54) is 21.8 Å². The first kappa shape index (κ1) is 28.8. The Bertz CT molecular complexity index is 2900. The smallest absolute Gasteiger partial charge is 0.101 e. The standard InChI is InChI=1S/C45H25N5/c46-26-29-16-22-43-38(24-29)45-33(27-47)8-7-15-44(45)49(43)39-23-21-32(25-34(39)28-48)30-17-19-31(20-18-30)35-9-1-4-12-40(35)50-41-13-5-2-10-36(41)37-11-3-6-14-42(37)50/h1-25H. The number of fused-ring (bicyclic) bond motifs is 6. The molecule has 5 nitrogen and oxygen atoms in total. The summed E-state index contributed by atoms with van der Waals surface area (Å²) in [6.45, 7) is 0. The largest absolute Gasteiger partial charge is 0.309 e. The summed E-state index contributed by atoms with van der Waals surface area (Å²) in [5.74, 6) is 0. The Morgan fingerprint density at radius 3 is 1.70 bits per heavy atom. The molecule has 9 rings (SSSR count). The summed E-state index contributed by atoms with van der Waals surface area (Å²) in [7, 11) is 0. The third kappa shape index (κ3) is 4.31. The molecule has 2 aromatic heterocycles. The lowest BCUT2D eigenvalue weighted by Gasteiger charge is -2.15. The summed E-state index contributed by atoms with van der Waals surface area (Å²) in [5, 5.41) is 34.0. The molecule has 2 heterocycles. The monoisotopic (exact) mass is 635 g/mol. The number of hydrogen-bond donors (Lipinski definition) is 0. The van der Waals surface area contributed by atoms with Crippen LogP contribution in [0.3, 0.4) is 0 Å². The Hall–Kier alpha value is -7.39. The highest BCUT2D eigenvalue weighted by atomic mass is 15.0. The summed E-state index contributed by atoms with van der Waals surface area (Å²) in [6.07, 6.45) is 0. The quantitative estimate of drug-likeness (QED) is 0.193. The van der Waals surface area contributed by atoms with Gasteiger partial charge in [-0.1, -0.05) is 91.0 Å². The molecule has 0 unspecified atom stereocenters. The van der Waals surface area contributed by atoms with E-state index in [1.54, 1.807) is 12.1 Å². The Morgan fingerprint density at radius 1 is 0.380 bits per heavy atom. The van der Waals surface area contributed by atoms with E-state index in [1.807, 2.05) is 47.0 Å². The number of nitrogens with zero attached hydrogens (tertiary/aromatic N) is 5. The molecular weight excluding hydrogens is 611 g/mol. The summed E-state index contributed by atoms with van der Waals surface area (Å²) in [5.41, 5.74) is 11.5. The molecule has 7 aromatic carbocycles. The molecule has 0 fully saturated rings. The van der Waals surface area contributed by atoms with Crippen LogP contribution < -0.4 is 0 Å². The van der Waals surface area contributed by atoms with Gasteiger partial charge in [0.25, 0.3) is 0 Å². The summed E-state index contributed by atoms with van der Waals surface area (Å²) in [4.78, 5) is 0. The maximum Gasteiger partial charge on any atom is 0.101 e. The maximum absolute atomic E-state index is 10.4. The average Bonchev–Trinajstić information content (AvgIpc) is 3.70. The Labute approximate surface area is 287 Å². The minimum absolute atomic E-state index is 0.508. The highest BCUT2D eigenvalue weighted by Crippen LogP contribution is 2.38. The lowest BCUT2D eigenvalue weighted by atomic mass is 9.97. The molecular formula is C45H25N5. The zero-order valence-corrected chi connectivity index (χ0v) is 26.7. The van der Waals surface area contributed by atoms with Crippen molar-refractivity contribution < 1.29 is 0 Å². The molecule has 0 N–H and O–H groups in total. The molecule has 0 amide bonds. The van der Waals surface area contributed by atoms with E-state index in [0.717, 1.165) is 49.7 Å². The van der Waals surface area contributed by atoms with Crippen LogP contribution in [0.5, 0.6) is 0 Å². The van der Waals surface area contributed by atoms with Crippen molar-refractivity contribution in [3.8, 4) is 51.8 Å². The lowest BCUT2D eigenvalue weighted by Crippen LogP contribution is -1.98. The van der Waals surface area contributed by atoms with Crippen LogP contribution in [0.2, 0.25) is 0 Å². The van der Waals surface area contributed by atoms with E-state index in [4.69, 9.17) is 0 Å². The second-order valence-electron chi connectivity index (χ2n) is 12.3. The SMILES string of the molecule is N#Cc1ccc2c(c1)c1c(C#N)cccc1n2-c1ccc(-c2ccc(-c3ccccc3-n3c4ccccc4c4ccccc43)cc2)cc1C#N. The molecule has 0 saturated carbocycles. The molecule has 50 heavy (non-hydrogen) atoms.